The monoisotopic (exact) mass is 189 g/mol. The number of nitriles is 1. The lowest BCUT2D eigenvalue weighted by Crippen LogP contribution is -2.01. The lowest BCUT2D eigenvalue weighted by Gasteiger charge is -1.96. The van der Waals surface area contributed by atoms with Crippen molar-refractivity contribution in [1.29, 1.82) is 5.26 Å². The number of ether oxygens (including phenoxy) is 1. The quantitative estimate of drug-likeness (QED) is 0.294. The van der Waals surface area contributed by atoms with Crippen LogP contribution in [0.3, 0.4) is 0 Å². The number of nitrogens with zero attached hydrogens (tertiary/aromatic N) is 1. The molecule has 0 heterocycles. The first-order chi connectivity index (χ1) is 6.76. The lowest BCUT2D eigenvalue weighted by atomic mass is 10.2. The van der Waals surface area contributed by atoms with Crippen molar-refractivity contribution in [2.75, 3.05) is 7.11 Å². The molecule has 0 aliphatic heterocycles. The Hall–Kier alpha value is -2.08. The fourth-order valence-corrected chi connectivity index (χ4v) is 0.674. The predicted molar refractivity (Wildman–Crippen MR) is 54.2 cm³/mol. The molecule has 0 fully saturated rings. The van der Waals surface area contributed by atoms with Gasteiger partial charge in [-0.2, -0.15) is 5.26 Å². The number of carbonyl (C=O) groups excluding carboxylic acids is 1. The number of esters is 1. The molecule has 0 aliphatic carbocycles. The van der Waals surface area contributed by atoms with E-state index in [1.165, 1.54) is 19.3 Å². The van der Waals surface area contributed by atoms with E-state index in [1.54, 1.807) is 30.4 Å². The summed E-state index contributed by atoms with van der Waals surface area (Å²) in [5.74, 6) is -0.481. The van der Waals surface area contributed by atoms with Gasteiger partial charge in [0.15, 0.2) is 0 Å². The summed E-state index contributed by atoms with van der Waals surface area (Å²) in [7, 11) is 1.29. The molecule has 0 aromatic carbocycles. The normalized spacial score (nSPS) is 11.6. The van der Waals surface area contributed by atoms with Gasteiger partial charge >= 0.3 is 5.97 Å². The molecule has 0 radical (unpaired) electrons. The molecule has 72 valence electrons. The smallest absolute Gasteiger partial charge is 0.337 e. The molecule has 0 aromatic heterocycles. The second kappa shape index (κ2) is 7.56. The van der Waals surface area contributed by atoms with Gasteiger partial charge in [0, 0.05) is 6.08 Å². The van der Waals surface area contributed by atoms with Gasteiger partial charge in [0.1, 0.15) is 0 Å². The van der Waals surface area contributed by atoms with Gasteiger partial charge in [-0.05, 0) is 12.2 Å². The molecule has 0 spiro atoms. The summed E-state index contributed by atoms with van der Waals surface area (Å²) in [6.07, 6.45) is 9.04. The fourth-order valence-electron chi connectivity index (χ4n) is 0.674. The van der Waals surface area contributed by atoms with Crippen LogP contribution in [0.4, 0.5) is 0 Å². The van der Waals surface area contributed by atoms with Gasteiger partial charge in [-0.1, -0.05) is 24.8 Å². The van der Waals surface area contributed by atoms with E-state index in [-0.39, 0.29) is 0 Å². The Morgan fingerprint density at radius 1 is 1.50 bits per heavy atom. The Morgan fingerprint density at radius 3 is 2.71 bits per heavy atom. The fraction of sp³-hybridized carbons (Fsp3) is 0.0909. The van der Waals surface area contributed by atoms with Gasteiger partial charge < -0.3 is 4.74 Å². The van der Waals surface area contributed by atoms with E-state index in [4.69, 9.17) is 5.26 Å². The minimum absolute atomic E-state index is 0.312. The number of rotatable bonds is 4. The second-order valence-corrected chi connectivity index (χ2v) is 2.20. The van der Waals surface area contributed by atoms with Crippen LogP contribution in [0.15, 0.2) is 48.6 Å². The molecule has 0 atom stereocenters. The van der Waals surface area contributed by atoms with Crippen LogP contribution in [0.25, 0.3) is 0 Å². The third-order valence-corrected chi connectivity index (χ3v) is 1.28. The molecule has 0 bridgehead atoms. The van der Waals surface area contributed by atoms with Crippen molar-refractivity contribution in [1.82, 2.24) is 0 Å². The molecule has 0 aromatic rings. The maximum Gasteiger partial charge on any atom is 0.337 e. The summed E-state index contributed by atoms with van der Waals surface area (Å²) >= 11 is 0. The second-order valence-electron chi connectivity index (χ2n) is 2.20. The topological polar surface area (TPSA) is 50.1 Å². The van der Waals surface area contributed by atoms with Gasteiger partial charge in [0.05, 0.1) is 18.8 Å². The first-order valence-electron chi connectivity index (χ1n) is 3.90. The zero-order valence-corrected chi connectivity index (χ0v) is 7.93. The molecule has 0 aliphatic rings. The number of methoxy groups -OCH3 is 1. The van der Waals surface area contributed by atoms with Crippen LogP contribution in [-0.2, 0) is 9.53 Å². The van der Waals surface area contributed by atoms with Gasteiger partial charge in [-0.25, -0.2) is 4.79 Å². The minimum atomic E-state index is -0.481. The van der Waals surface area contributed by atoms with Crippen LogP contribution in [0.1, 0.15) is 0 Å². The highest BCUT2D eigenvalue weighted by Gasteiger charge is 2.03. The Morgan fingerprint density at radius 2 is 2.21 bits per heavy atom. The lowest BCUT2D eigenvalue weighted by molar-refractivity contribution is -0.135. The van der Waals surface area contributed by atoms with Crippen LogP contribution in [-0.4, -0.2) is 13.1 Å². The molecule has 14 heavy (non-hydrogen) atoms. The summed E-state index contributed by atoms with van der Waals surface area (Å²) in [6.45, 7) is 3.48. The molecule has 0 saturated carbocycles. The molecule has 3 nitrogen and oxygen atoms in total. The highest BCUT2D eigenvalue weighted by molar-refractivity contribution is 5.91. The van der Waals surface area contributed by atoms with Gasteiger partial charge in [0.2, 0.25) is 0 Å². The summed E-state index contributed by atoms with van der Waals surface area (Å²) in [6, 6.07) is 1.79. The van der Waals surface area contributed by atoms with Crippen LogP contribution >= 0.6 is 0 Å². The molecular formula is C11H11NO2. The zero-order chi connectivity index (χ0) is 10.8. The van der Waals surface area contributed by atoms with Crippen molar-refractivity contribution in [3.05, 3.63) is 48.6 Å². The van der Waals surface area contributed by atoms with E-state index >= 15 is 0 Å². The molecule has 0 amide bonds. The van der Waals surface area contributed by atoms with E-state index in [1.807, 2.05) is 0 Å². The molecule has 0 rings (SSSR count). The highest BCUT2D eigenvalue weighted by atomic mass is 16.5. The molecule has 0 saturated heterocycles. The van der Waals surface area contributed by atoms with Crippen molar-refractivity contribution in [2.45, 2.75) is 0 Å². The third-order valence-electron chi connectivity index (χ3n) is 1.28. The number of hydrogen-bond acceptors (Lipinski definition) is 3. The zero-order valence-electron chi connectivity index (χ0n) is 7.93. The number of carbonyl (C=O) groups is 1. The largest absolute Gasteiger partial charge is 0.465 e. The van der Waals surface area contributed by atoms with E-state index in [9.17, 15) is 4.79 Å². The van der Waals surface area contributed by atoms with E-state index < -0.39 is 5.97 Å². The van der Waals surface area contributed by atoms with Crippen molar-refractivity contribution < 1.29 is 9.53 Å². The Balaban J connectivity index is 4.72. The third kappa shape index (κ3) is 4.73. The van der Waals surface area contributed by atoms with Crippen LogP contribution in [0.2, 0.25) is 0 Å². The average Bonchev–Trinajstić information content (AvgIpc) is 2.22. The van der Waals surface area contributed by atoms with Crippen molar-refractivity contribution in [2.24, 2.45) is 0 Å². The van der Waals surface area contributed by atoms with E-state index in [0.717, 1.165) is 0 Å². The predicted octanol–water partition coefficient (Wildman–Crippen LogP) is 1.91. The van der Waals surface area contributed by atoms with Gasteiger partial charge in [-0.15, -0.1) is 0 Å². The standard InChI is InChI=1S/C11H11NO2/c1-3-4-5-7-10(8-6-9-12)11(13)14-2/h3-8H,1H2,2H3. The van der Waals surface area contributed by atoms with Crippen molar-refractivity contribution in [3.8, 4) is 6.07 Å². The van der Waals surface area contributed by atoms with Gasteiger partial charge in [0.25, 0.3) is 0 Å². The van der Waals surface area contributed by atoms with Crippen LogP contribution < -0.4 is 0 Å². The van der Waals surface area contributed by atoms with Gasteiger partial charge in [-0.3, -0.25) is 0 Å². The summed E-state index contributed by atoms with van der Waals surface area (Å²) in [4.78, 5) is 11.1. The summed E-state index contributed by atoms with van der Waals surface area (Å²) in [5, 5.41) is 8.29. The van der Waals surface area contributed by atoms with E-state index in [0.29, 0.717) is 5.57 Å². The summed E-state index contributed by atoms with van der Waals surface area (Å²) < 4.78 is 4.51. The van der Waals surface area contributed by atoms with Crippen molar-refractivity contribution >= 4 is 5.97 Å². The Kier molecular flexibility index (Phi) is 6.44. The molecular weight excluding hydrogens is 178 g/mol. The van der Waals surface area contributed by atoms with E-state index in [2.05, 4.69) is 11.3 Å². The SMILES string of the molecule is C=CC=CC=C(C=CC#N)C(=O)OC. The Labute approximate surface area is 83.3 Å². The highest BCUT2D eigenvalue weighted by Crippen LogP contribution is 2.00. The summed E-state index contributed by atoms with van der Waals surface area (Å²) in [5.41, 5.74) is 0.312. The maximum atomic E-state index is 11.1. The number of allylic oxidation sites excluding steroid dienone is 5. The number of hydrogen-bond donors (Lipinski definition) is 0. The maximum absolute atomic E-state index is 11.1. The van der Waals surface area contributed by atoms with Crippen molar-refractivity contribution in [3.63, 3.8) is 0 Å². The Bertz CT molecular complexity index is 330. The molecule has 0 unspecified atom stereocenters. The first kappa shape index (κ1) is 11.9. The molecule has 0 N–H and O–H groups in total. The average molecular weight is 189 g/mol. The molecule has 3 heteroatoms. The van der Waals surface area contributed by atoms with Crippen LogP contribution in [0.5, 0.6) is 0 Å². The minimum Gasteiger partial charge on any atom is -0.465 e. The first-order valence-corrected chi connectivity index (χ1v) is 3.90. The van der Waals surface area contributed by atoms with Crippen LogP contribution in [0, 0.1) is 11.3 Å².